The van der Waals surface area contributed by atoms with Crippen LogP contribution >= 0.6 is 0 Å². The van der Waals surface area contributed by atoms with Crippen molar-refractivity contribution in [3.05, 3.63) is 0 Å². The van der Waals surface area contributed by atoms with Crippen molar-refractivity contribution in [1.29, 1.82) is 0 Å². The average Bonchev–Trinajstić information content (AvgIpc) is 2.22. The van der Waals surface area contributed by atoms with E-state index in [2.05, 4.69) is 10.1 Å². The van der Waals surface area contributed by atoms with Gasteiger partial charge in [0.1, 0.15) is 5.60 Å². The van der Waals surface area contributed by atoms with E-state index in [9.17, 15) is 14.4 Å². The molecule has 8 heteroatoms. The largest absolute Gasteiger partial charge is 0.479 e. The third-order valence-corrected chi connectivity index (χ3v) is 1.84. The molecular formula is C10H18N2O6. The van der Waals surface area contributed by atoms with Crippen molar-refractivity contribution in [2.45, 2.75) is 31.9 Å². The third-order valence-electron chi connectivity index (χ3n) is 1.84. The zero-order valence-corrected chi connectivity index (χ0v) is 10.8. The second-order valence-corrected chi connectivity index (χ2v) is 4.62. The maximum atomic E-state index is 11.7. The van der Waals surface area contributed by atoms with Gasteiger partial charge in [-0.1, -0.05) is 0 Å². The van der Waals surface area contributed by atoms with Crippen LogP contribution in [0.2, 0.25) is 0 Å². The van der Waals surface area contributed by atoms with Crippen molar-refractivity contribution in [2.75, 3.05) is 13.7 Å². The first-order chi connectivity index (χ1) is 8.03. The first-order valence-corrected chi connectivity index (χ1v) is 5.10. The molecule has 0 heterocycles. The van der Waals surface area contributed by atoms with E-state index in [1.54, 1.807) is 20.8 Å². The van der Waals surface area contributed by atoms with Crippen LogP contribution in [0, 0.1) is 0 Å². The highest BCUT2D eigenvalue weighted by molar-refractivity contribution is 6.04. The fourth-order valence-corrected chi connectivity index (χ4v) is 0.888. The molecule has 4 N–H and O–H groups in total. The summed E-state index contributed by atoms with van der Waals surface area (Å²) in [5.74, 6) is -2.74. The van der Waals surface area contributed by atoms with Gasteiger partial charge in [0.05, 0.1) is 13.7 Å². The summed E-state index contributed by atoms with van der Waals surface area (Å²) in [6, 6.07) is 0. The first kappa shape index (κ1) is 16.2. The second-order valence-electron chi connectivity index (χ2n) is 4.62. The number of carboxylic acid groups (broad SMARTS) is 1. The Hall–Kier alpha value is -1.83. The number of amides is 1. The van der Waals surface area contributed by atoms with E-state index in [0.29, 0.717) is 0 Å². The molecule has 0 saturated heterocycles. The molecule has 0 aromatic heterocycles. The number of carboxylic acids is 1. The summed E-state index contributed by atoms with van der Waals surface area (Å²) in [5, 5.41) is 11.0. The highest BCUT2D eigenvalue weighted by Gasteiger charge is 2.46. The van der Waals surface area contributed by atoms with Crippen LogP contribution in [0.1, 0.15) is 20.8 Å². The predicted octanol–water partition coefficient (Wildman–Crippen LogP) is -0.534. The molecule has 0 aromatic carbocycles. The minimum atomic E-state index is -2.36. The summed E-state index contributed by atoms with van der Waals surface area (Å²) in [6.07, 6.45) is -0.894. The van der Waals surface area contributed by atoms with E-state index >= 15 is 0 Å². The topological polar surface area (TPSA) is 128 Å². The van der Waals surface area contributed by atoms with Gasteiger partial charge in [-0.3, -0.25) is 0 Å². The second kappa shape index (κ2) is 5.67. The SMILES string of the molecule is COC(=O)NC[C@](N)(C(=O)O)C(=O)OC(C)(C)C. The molecule has 18 heavy (non-hydrogen) atoms. The quantitative estimate of drug-likeness (QED) is 0.458. The number of ether oxygens (including phenoxy) is 2. The van der Waals surface area contributed by atoms with E-state index in [4.69, 9.17) is 15.6 Å². The lowest BCUT2D eigenvalue weighted by Crippen LogP contribution is -2.63. The Morgan fingerprint density at radius 3 is 2.11 bits per heavy atom. The highest BCUT2D eigenvalue weighted by atomic mass is 16.6. The van der Waals surface area contributed by atoms with Crippen LogP contribution in [-0.2, 0) is 19.1 Å². The molecule has 0 unspecified atom stereocenters. The predicted molar refractivity (Wildman–Crippen MR) is 60.8 cm³/mol. The van der Waals surface area contributed by atoms with Crippen molar-refractivity contribution in [1.82, 2.24) is 5.32 Å². The number of nitrogens with one attached hydrogen (secondary N) is 1. The van der Waals surface area contributed by atoms with E-state index < -0.39 is 35.7 Å². The van der Waals surface area contributed by atoms with Gasteiger partial charge in [0, 0.05) is 0 Å². The van der Waals surface area contributed by atoms with Crippen molar-refractivity contribution in [2.24, 2.45) is 5.73 Å². The molecule has 1 atom stereocenters. The Morgan fingerprint density at radius 1 is 1.28 bits per heavy atom. The molecule has 0 bridgehead atoms. The lowest BCUT2D eigenvalue weighted by molar-refractivity contribution is -0.168. The Balaban J connectivity index is 4.87. The summed E-state index contributed by atoms with van der Waals surface area (Å²) in [5.41, 5.74) is 2.20. The summed E-state index contributed by atoms with van der Waals surface area (Å²) in [7, 11) is 1.10. The third kappa shape index (κ3) is 4.58. The van der Waals surface area contributed by atoms with Gasteiger partial charge in [-0.2, -0.15) is 0 Å². The average molecular weight is 262 g/mol. The molecule has 0 rings (SSSR count). The van der Waals surface area contributed by atoms with Crippen LogP contribution in [0.4, 0.5) is 4.79 Å². The van der Waals surface area contributed by atoms with E-state index in [0.717, 1.165) is 7.11 Å². The highest BCUT2D eigenvalue weighted by Crippen LogP contribution is 2.13. The van der Waals surface area contributed by atoms with Crippen LogP contribution in [0.15, 0.2) is 0 Å². The van der Waals surface area contributed by atoms with Crippen LogP contribution in [0.3, 0.4) is 0 Å². The summed E-state index contributed by atoms with van der Waals surface area (Å²) in [6.45, 7) is 4.08. The van der Waals surface area contributed by atoms with Gasteiger partial charge in [0.15, 0.2) is 0 Å². The zero-order chi connectivity index (χ0) is 14.6. The molecule has 0 aromatic rings. The van der Waals surface area contributed by atoms with Gasteiger partial charge < -0.3 is 25.6 Å². The Labute approximate surface area is 104 Å². The molecule has 104 valence electrons. The molecule has 0 aliphatic heterocycles. The molecule has 0 fully saturated rings. The number of hydrogen-bond donors (Lipinski definition) is 3. The number of carbonyl (C=O) groups excluding carboxylic acids is 2. The van der Waals surface area contributed by atoms with Gasteiger partial charge in [0.25, 0.3) is 0 Å². The maximum absolute atomic E-state index is 11.7. The van der Waals surface area contributed by atoms with E-state index in [1.807, 2.05) is 0 Å². The van der Waals surface area contributed by atoms with Crippen molar-refractivity contribution in [3.8, 4) is 0 Å². The lowest BCUT2D eigenvalue weighted by atomic mass is 10.0. The van der Waals surface area contributed by atoms with Crippen LogP contribution in [0.5, 0.6) is 0 Å². The Kier molecular flexibility index (Phi) is 5.10. The molecule has 0 aliphatic rings. The fourth-order valence-electron chi connectivity index (χ4n) is 0.888. The number of rotatable bonds is 4. The van der Waals surface area contributed by atoms with Gasteiger partial charge in [-0.15, -0.1) is 0 Å². The Bertz CT molecular complexity index is 349. The number of nitrogens with two attached hydrogens (primary N) is 1. The number of esters is 1. The standard InChI is InChI=1S/C10H18N2O6/c1-9(2,3)18-7(15)10(11,6(13)14)5-12-8(16)17-4/h5,11H2,1-4H3,(H,12,16)(H,13,14)/t10-/m0/s1. The number of alkyl carbamates (subject to hydrolysis) is 1. The normalized spacial score (nSPS) is 14.3. The first-order valence-electron chi connectivity index (χ1n) is 5.10. The van der Waals surface area contributed by atoms with Crippen LogP contribution in [-0.4, -0.2) is 47.9 Å². The van der Waals surface area contributed by atoms with Crippen molar-refractivity contribution < 1.29 is 29.0 Å². The smallest absolute Gasteiger partial charge is 0.406 e. The number of carbonyl (C=O) groups is 3. The van der Waals surface area contributed by atoms with Gasteiger partial charge in [0.2, 0.25) is 5.54 Å². The summed E-state index contributed by atoms with van der Waals surface area (Å²) in [4.78, 5) is 33.6. The monoisotopic (exact) mass is 262 g/mol. The van der Waals surface area contributed by atoms with Crippen molar-refractivity contribution in [3.63, 3.8) is 0 Å². The molecule has 1 amide bonds. The molecule has 0 radical (unpaired) electrons. The minimum Gasteiger partial charge on any atom is -0.479 e. The van der Waals surface area contributed by atoms with Crippen LogP contribution < -0.4 is 11.1 Å². The Morgan fingerprint density at radius 2 is 1.78 bits per heavy atom. The summed E-state index contributed by atoms with van der Waals surface area (Å²) >= 11 is 0. The lowest BCUT2D eigenvalue weighted by Gasteiger charge is -2.27. The van der Waals surface area contributed by atoms with E-state index in [-0.39, 0.29) is 0 Å². The van der Waals surface area contributed by atoms with Gasteiger partial charge >= 0.3 is 18.0 Å². The molecule has 0 aliphatic carbocycles. The summed E-state index contributed by atoms with van der Waals surface area (Å²) < 4.78 is 9.15. The number of hydrogen-bond acceptors (Lipinski definition) is 6. The molecule has 0 spiro atoms. The number of methoxy groups -OCH3 is 1. The minimum absolute atomic E-state index is 0.635. The van der Waals surface area contributed by atoms with Gasteiger partial charge in [-0.05, 0) is 20.8 Å². The maximum Gasteiger partial charge on any atom is 0.406 e. The molecule has 0 saturated carbocycles. The van der Waals surface area contributed by atoms with E-state index in [1.165, 1.54) is 0 Å². The van der Waals surface area contributed by atoms with Crippen molar-refractivity contribution >= 4 is 18.0 Å². The number of aliphatic carboxylic acids is 1. The van der Waals surface area contributed by atoms with Crippen LogP contribution in [0.25, 0.3) is 0 Å². The molecular weight excluding hydrogens is 244 g/mol. The zero-order valence-electron chi connectivity index (χ0n) is 10.8. The fraction of sp³-hybridized carbons (Fsp3) is 0.700. The molecule has 8 nitrogen and oxygen atoms in total. The van der Waals surface area contributed by atoms with Gasteiger partial charge in [-0.25, -0.2) is 14.4 Å².